The Morgan fingerprint density at radius 1 is 1.42 bits per heavy atom. The average Bonchev–Trinajstić information content (AvgIpc) is 2.34. The Bertz CT molecular complexity index is 511. The summed E-state index contributed by atoms with van der Waals surface area (Å²) in [6, 6.07) is 3.89. The summed E-state index contributed by atoms with van der Waals surface area (Å²) in [5.41, 5.74) is 0.486. The van der Waals surface area contributed by atoms with Gasteiger partial charge in [-0.05, 0) is 25.5 Å². The SMILES string of the molecule is CCS(=O)(=O)CCCOc1cc(F)ccc1[C@@H](C)O. The molecule has 19 heavy (non-hydrogen) atoms. The molecule has 4 nitrogen and oxygen atoms in total. The van der Waals surface area contributed by atoms with Gasteiger partial charge in [0, 0.05) is 17.4 Å². The predicted octanol–water partition coefficient (Wildman–Crippen LogP) is 2.08. The van der Waals surface area contributed by atoms with Crippen LogP contribution in [0.15, 0.2) is 18.2 Å². The molecule has 0 bridgehead atoms. The molecule has 1 aromatic carbocycles. The Morgan fingerprint density at radius 3 is 2.68 bits per heavy atom. The molecule has 1 rings (SSSR count). The number of aliphatic hydroxyl groups excluding tert-OH is 1. The van der Waals surface area contributed by atoms with Crippen LogP contribution in [0.25, 0.3) is 0 Å². The summed E-state index contributed by atoms with van der Waals surface area (Å²) in [6.45, 7) is 3.32. The van der Waals surface area contributed by atoms with E-state index in [0.717, 1.165) is 0 Å². The van der Waals surface area contributed by atoms with Gasteiger partial charge in [0.05, 0.1) is 18.5 Å². The molecule has 1 atom stereocenters. The van der Waals surface area contributed by atoms with E-state index in [1.54, 1.807) is 13.8 Å². The van der Waals surface area contributed by atoms with E-state index in [-0.39, 0.29) is 23.9 Å². The van der Waals surface area contributed by atoms with Crippen LogP contribution in [-0.4, -0.2) is 31.6 Å². The zero-order valence-corrected chi connectivity index (χ0v) is 11.9. The van der Waals surface area contributed by atoms with Crippen molar-refractivity contribution in [3.63, 3.8) is 0 Å². The van der Waals surface area contributed by atoms with Crippen molar-refractivity contribution in [2.45, 2.75) is 26.4 Å². The Kier molecular flexibility index (Phi) is 5.75. The highest BCUT2D eigenvalue weighted by molar-refractivity contribution is 7.91. The first-order valence-electron chi connectivity index (χ1n) is 6.16. The van der Waals surface area contributed by atoms with Crippen LogP contribution in [0.3, 0.4) is 0 Å². The molecular weight excluding hydrogens is 271 g/mol. The van der Waals surface area contributed by atoms with Gasteiger partial charge in [-0.25, -0.2) is 12.8 Å². The molecule has 1 N–H and O–H groups in total. The third kappa shape index (κ3) is 5.16. The largest absolute Gasteiger partial charge is 0.493 e. The summed E-state index contributed by atoms with van der Waals surface area (Å²) < 4.78 is 41.0. The first-order valence-corrected chi connectivity index (χ1v) is 7.98. The first-order chi connectivity index (χ1) is 8.85. The van der Waals surface area contributed by atoms with Crippen molar-refractivity contribution >= 4 is 9.84 Å². The lowest BCUT2D eigenvalue weighted by Gasteiger charge is -2.13. The minimum Gasteiger partial charge on any atom is -0.493 e. The molecule has 0 aromatic heterocycles. The molecule has 108 valence electrons. The number of rotatable bonds is 7. The van der Waals surface area contributed by atoms with Gasteiger partial charge in [0.15, 0.2) is 0 Å². The Morgan fingerprint density at radius 2 is 2.11 bits per heavy atom. The molecule has 0 saturated heterocycles. The van der Waals surface area contributed by atoms with Crippen LogP contribution in [0, 0.1) is 5.82 Å². The molecule has 0 aliphatic heterocycles. The molecule has 6 heteroatoms. The van der Waals surface area contributed by atoms with E-state index in [9.17, 15) is 17.9 Å². The first kappa shape index (κ1) is 15.9. The fourth-order valence-electron chi connectivity index (χ4n) is 1.58. The fraction of sp³-hybridized carbons (Fsp3) is 0.538. The molecule has 0 saturated carbocycles. The van der Waals surface area contributed by atoms with Gasteiger partial charge in [-0.15, -0.1) is 0 Å². The lowest BCUT2D eigenvalue weighted by molar-refractivity contribution is 0.191. The molecule has 0 aliphatic carbocycles. The summed E-state index contributed by atoms with van der Waals surface area (Å²) in [7, 11) is -3.01. The molecular formula is C13H19FO4S. The van der Waals surface area contributed by atoms with Crippen LogP contribution >= 0.6 is 0 Å². The number of hydrogen-bond acceptors (Lipinski definition) is 4. The van der Waals surface area contributed by atoms with Crippen LogP contribution in [0.4, 0.5) is 4.39 Å². The lowest BCUT2D eigenvalue weighted by Crippen LogP contribution is -2.12. The van der Waals surface area contributed by atoms with Crippen molar-refractivity contribution in [1.82, 2.24) is 0 Å². The summed E-state index contributed by atoms with van der Waals surface area (Å²) >= 11 is 0. The molecule has 0 amide bonds. The second-order valence-electron chi connectivity index (χ2n) is 4.30. The zero-order chi connectivity index (χ0) is 14.5. The van der Waals surface area contributed by atoms with Gasteiger partial charge < -0.3 is 9.84 Å². The Balaban J connectivity index is 2.60. The number of hydrogen-bond donors (Lipinski definition) is 1. The highest BCUT2D eigenvalue weighted by Crippen LogP contribution is 2.26. The van der Waals surface area contributed by atoms with Crippen molar-refractivity contribution in [2.24, 2.45) is 0 Å². The normalized spacial score (nSPS) is 13.3. The second kappa shape index (κ2) is 6.86. The molecule has 0 radical (unpaired) electrons. The van der Waals surface area contributed by atoms with Crippen molar-refractivity contribution in [3.05, 3.63) is 29.6 Å². The third-order valence-corrected chi connectivity index (χ3v) is 4.51. The van der Waals surface area contributed by atoms with E-state index in [0.29, 0.717) is 12.0 Å². The van der Waals surface area contributed by atoms with E-state index in [1.165, 1.54) is 18.2 Å². The standard InChI is InChI=1S/C13H19FO4S/c1-3-19(16,17)8-4-7-18-13-9-11(14)5-6-12(13)10(2)15/h5-6,9-10,15H,3-4,7-8H2,1-2H3/t10-/m1/s1. The van der Waals surface area contributed by atoms with E-state index < -0.39 is 21.8 Å². The zero-order valence-electron chi connectivity index (χ0n) is 11.1. The van der Waals surface area contributed by atoms with Gasteiger partial charge >= 0.3 is 0 Å². The summed E-state index contributed by atoms with van der Waals surface area (Å²) in [4.78, 5) is 0. The van der Waals surface area contributed by atoms with Gasteiger partial charge in [0.25, 0.3) is 0 Å². The van der Waals surface area contributed by atoms with Crippen LogP contribution < -0.4 is 4.74 Å². The van der Waals surface area contributed by atoms with Crippen molar-refractivity contribution < 1.29 is 22.7 Å². The molecule has 0 heterocycles. The van der Waals surface area contributed by atoms with Gasteiger partial charge in [0.1, 0.15) is 21.4 Å². The third-order valence-electron chi connectivity index (χ3n) is 2.72. The maximum Gasteiger partial charge on any atom is 0.150 e. The summed E-state index contributed by atoms with van der Waals surface area (Å²) in [5.74, 6) is -0.0567. The number of aliphatic hydroxyl groups is 1. The smallest absolute Gasteiger partial charge is 0.150 e. The monoisotopic (exact) mass is 290 g/mol. The highest BCUT2D eigenvalue weighted by Gasteiger charge is 2.11. The molecule has 0 fully saturated rings. The lowest BCUT2D eigenvalue weighted by atomic mass is 10.1. The van der Waals surface area contributed by atoms with Crippen LogP contribution in [0.2, 0.25) is 0 Å². The number of sulfone groups is 1. The fourth-order valence-corrected chi connectivity index (χ4v) is 2.43. The van der Waals surface area contributed by atoms with E-state index >= 15 is 0 Å². The van der Waals surface area contributed by atoms with Gasteiger partial charge in [-0.2, -0.15) is 0 Å². The average molecular weight is 290 g/mol. The second-order valence-corrected chi connectivity index (χ2v) is 6.77. The van der Waals surface area contributed by atoms with Crippen LogP contribution in [-0.2, 0) is 9.84 Å². The molecule has 0 unspecified atom stereocenters. The quantitative estimate of drug-likeness (QED) is 0.781. The summed E-state index contributed by atoms with van der Waals surface area (Å²) in [5, 5.41) is 9.52. The van der Waals surface area contributed by atoms with E-state index in [2.05, 4.69) is 0 Å². The number of halogens is 1. The Hall–Kier alpha value is -1.14. The van der Waals surface area contributed by atoms with Gasteiger partial charge in [-0.1, -0.05) is 6.92 Å². The topological polar surface area (TPSA) is 63.6 Å². The minimum atomic E-state index is -3.01. The van der Waals surface area contributed by atoms with Crippen molar-refractivity contribution in [1.29, 1.82) is 0 Å². The molecule has 0 spiro atoms. The predicted molar refractivity (Wildman–Crippen MR) is 71.5 cm³/mol. The maximum absolute atomic E-state index is 13.1. The molecule has 1 aromatic rings. The van der Waals surface area contributed by atoms with E-state index in [1.807, 2.05) is 0 Å². The van der Waals surface area contributed by atoms with Crippen molar-refractivity contribution in [2.75, 3.05) is 18.1 Å². The molecule has 0 aliphatic rings. The summed E-state index contributed by atoms with van der Waals surface area (Å²) in [6.07, 6.45) is -0.429. The Labute approximate surface area is 113 Å². The number of benzene rings is 1. The van der Waals surface area contributed by atoms with Gasteiger partial charge in [0.2, 0.25) is 0 Å². The van der Waals surface area contributed by atoms with Crippen LogP contribution in [0.1, 0.15) is 31.9 Å². The number of ether oxygens (including phenoxy) is 1. The maximum atomic E-state index is 13.1. The minimum absolute atomic E-state index is 0.0445. The van der Waals surface area contributed by atoms with Crippen LogP contribution in [0.5, 0.6) is 5.75 Å². The van der Waals surface area contributed by atoms with Crippen molar-refractivity contribution in [3.8, 4) is 5.75 Å². The van der Waals surface area contributed by atoms with Gasteiger partial charge in [-0.3, -0.25) is 0 Å². The van der Waals surface area contributed by atoms with E-state index in [4.69, 9.17) is 4.74 Å². The highest BCUT2D eigenvalue weighted by atomic mass is 32.2.